The highest BCUT2D eigenvalue weighted by molar-refractivity contribution is 6.19. The summed E-state index contributed by atoms with van der Waals surface area (Å²) in [7, 11) is 0. The van der Waals surface area contributed by atoms with Gasteiger partial charge in [-0.2, -0.15) is 0 Å². The predicted molar refractivity (Wildman–Crippen MR) is 146 cm³/mol. The molecule has 0 radical (unpaired) electrons. The monoisotopic (exact) mass is 476 g/mol. The van der Waals surface area contributed by atoms with Gasteiger partial charge in [0, 0.05) is 16.5 Å². The molecular formula is C30H32N6. The molecule has 2 aromatic heterocycles. The molecule has 182 valence electrons. The van der Waals surface area contributed by atoms with Gasteiger partial charge >= 0.3 is 0 Å². The van der Waals surface area contributed by atoms with E-state index in [9.17, 15) is 0 Å². The van der Waals surface area contributed by atoms with Crippen LogP contribution < -0.4 is 5.73 Å². The van der Waals surface area contributed by atoms with Crippen molar-refractivity contribution in [1.29, 1.82) is 0 Å². The highest BCUT2D eigenvalue weighted by atomic mass is 15.1. The van der Waals surface area contributed by atoms with Crippen LogP contribution in [0.15, 0.2) is 65.9 Å². The summed E-state index contributed by atoms with van der Waals surface area (Å²) in [4.78, 5) is 21.9. The van der Waals surface area contributed by atoms with Gasteiger partial charge in [-0.3, -0.25) is 4.99 Å². The number of nitrogen functional groups attached to an aromatic ring is 1. The smallest absolute Gasteiger partial charge is 0.136 e. The molecule has 1 unspecified atom stereocenters. The second-order valence-electron chi connectivity index (χ2n) is 10.00. The van der Waals surface area contributed by atoms with Crippen LogP contribution in [0.1, 0.15) is 54.6 Å². The number of nitrogens with two attached hydrogens (primary N) is 1. The molecule has 6 heteroatoms. The lowest BCUT2D eigenvalue weighted by Gasteiger charge is -2.31. The molecule has 0 aliphatic carbocycles. The second-order valence-corrected chi connectivity index (χ2v) is 10.00. The number of fused-ring (bicyclic) bond motifs is 2. The molecule has 2 aliphatic rings. The first-order chi connectivity index (χ1) is 17.6. The summed E-state index contributed by atoms with van der Waals surface area (Å²) in [6, 6.07) is 18.9. The van der Waals surface area contributed by atoms with Gasteiger partial charge in [0.2, 0.25) is 0 Å². The van der Waals surface area contributed by atoms with E-state index in [0.29, 0.717) is 11.7 Å². The van der Waals surface area contributed by atoms with Gasteiger partial charge in [-0.05, 0) is 63.4 Å². The zero-order valence-electron chi connectivity index (χ0n) is 21.0. The first-order valence-electron chi connectivity index (χ1n) is 13.0. The summed E-state index contributed by atoms with van der Waals surface area (Å²) in [5.74, 6) is 1.16. The van der Waals surface area contributed by atoms with E-state index in [0.717, 1.165) is 63.2 Å². The van der Waals surface area contributed by atoms with Gasteiger partial charge in [0.05, 0.1) is 34.2 Å². The molecule has 0 bridgehead atoms. The number of aromatic nitrogens is 3. The van der Waals surface area contributed by atoms with Crippen LogP contribution in [-0.4, -0.2) is 45.2 Å². The number of nitrogens with zero attached hydrogens (tertiary/aromatic N) is 5. The topological polar surface area (TPSA) is 80.3 Å². The second kappa shape index (κ2) is 9.43. The van der Waals surface area contributed by atoms with Gasteiger partial charge in [0.15, 0.2) is 0 Å². The quantitative estimate of drug-likeness (QED) is 0.406. The van der Waals surface area contributed by atoms with Crippen LogP contribution in [0.25, 0.3) is 22.2 Å². The fraction of sp³-hybridized carbons (Fsp3) is 0.333. The molecule has 4 aromatic rings. The van der Waals surface area contributed by atoms with E-state index < -0.39 is 0 Å². The lowest BCUT2D eigenvalue weighted by molar-refractivity contribution is 0.182. The summed E-state index contributed by atoms with van der Waals surface area (Å²) in [5.41, 5.74) is 14.5. The third-order valence-corrected chi connectivity index (χ3v) is 7.89. The van der Waals surface area contributed by atoms with Crippen molar-refractivity contribution in [3.63, 3.8) is 0 Å². The largest absolute Gasteiger partial charge is 0.383 e. The van der Waals surface area contributed by atoms with E-state index in [1.54, 1.807) is 6.33 Å². The number of pyridine rings is 1. The Balaban J connectivity index is 1.39. The van der Waals surface area contributed by atoms with E-state index in [1.807, 2.05) is 18.2 Å². The maximum atomic E-state index is 6.44. The first kappa shape index (κ1) is 22.8. The van der Waals surface area contributed by atoms with Gasteiger partial charge in [-0.25, -0.2) is 15.0 Å². The molecule has 1 fully saturated rings. The van der Waals surface area contributed by atoms with Crippen LogP contribution in [0.4, 0.5) is 5.82 Å². The molecular weight excluding hydrogens is 444 g/mol. The molecule has 0 amide bonds. The standard InChI is InChI=1S/C30H32N6/c1-3-36-15-13-20(14-16-36)17-25-29-26(30(31)33-18-32-29)28(35-25)23-11-9-22-10-12-24(34-27(22)19(23)2)21-7-5-4-6-8-21/h4-12,18,20,25H,3,13-17H2,1-2H3,(H2,31,32,33). The molecule has 1 saturated heterocycles. The molecule has 6 nitrogen and oxygen atoms in total. The number of hydrogen-bond acceptors (Lipinski definition) is 6. The van der Waals surface area contributed by atoms with Gasteiger partial charge in [0.1, 0.15) is 12.1 Å². The van der Waals surface area contributed by atoms with Gasteiger partial charge in [-0.1, -0.05) is 55.5 Å². The lowest BCUT2D eigenvalue weighted by Crippen LogP contribution is -2.33. The lowest BCUT2D eigenvalue weighted by atomic mass is 9.89. The van der Waals surface area contributed by atoms with Crippen molar-refractivity contribution in [3.8, 4) is 11.3 Å². The fourth-order valence-electron chi connectivity index (χ4n) is 5.77. The summed E-state index contributed by atoms with van der Waals surface area (Å²) in [6.07, 6.45) is 5.02. The summed E-state index contributed by atoms with van der Waals surface area (Å²) in [6.45, 7) is 7.85. The molecule has 0 saturated carbocycles. The van der Waals surface area contributed by atoms with E-state index in [-0.39, 0.29) is 6.04 Å². The third-order valence-electron chi connectivity index (χ3n) is 7.89. The van der Waals surface area contributed by atoms with Crippen LogP contribution in [-0.2, 0) is 0 Å². The summed E-state index contributed by atoms with van der Waals surface area (Å²) >= 11 is 0. The van der Waals surface area contributed by atoms with Gasteiger partial charge in [-0.15, -0.1) is 0 Å². The van der Waals surface area contributed by atoms with Crippen molar-refractivity contribution in [3.05, 3.63) is 83.3 Å². The number of likely N-dealkylation sites (tertiary alicyclic amines) is 1. The van der Waals surface area contributed by atoms with Crippen LogP contribution >= 0.6 is 0 Å². The normalized spacial score (nSPS) is 18.4. The van der Waals surface area contributed by atoms with E-state index in [4.69, 9.17) is 15.7 Å². The highest BCUT2D eigenvalue weighted by Crippen LogP contribution is 2.40. The summed E-state index contributed by atoms with van der Waals surface area (Å²) in [5, 5.41) is 1.12. The molecule has 6 rings (SSSR count). The SMILES string of the molecule is CCN1CCC(CC2N=C(c3ccc4ccc(-c5ccccc5)nc4c3C)c3c(N)ncnc32)CC1. The predicted octanol–water partition coefficient (Wildman–Crippen LogP) is 5.60. The number of benzene rings is 2. The maximum absolute atomic E-state index is 6.44. The van der Waals surface area contributed by atoms with Crippen molar-refractivity contribution in [2.45, 2.75) is 39.2 Å². The Morgan fingerprint density at radius 3 is 2.53 bits per heavy atom. The molecule has 2 aromatic carbocycles. The zero-order chi connectivity index (χ0) is 24.6. The van der Waals surface area contributed by atoms with E-state index in [1.165, 1.54) is 25.9 Å². The first-order valence-corrected chi connectivity index (χ1v) is 13.0. The zero-order valence-corrected chi connectivity index (χ0v) is 21.0. The number of anilines is 1. The van der Waals surface area contributed by atoms with Crippen LogP contribution in [0.3, 0.4) is 0 Å². The van der Waals surface area contributed by atoms with Gasteiger partial charge in [0.25, 0.3) is 0 Å². The van der Waals surface area contributed by atoms with Crippen LogP contribution in [0.5, 0.6) is 0 Å². The average Bonchev–Trinajstić information content (AvgIpc) is 3.29. The minimum absolute atomic E-state index is 0.0252. The highest BCUT2D eigenvalue weighted by Gasteiger charge is 2.33. The number of aliphatic imine (C=N–C) groups is 1. The molecule has 2 N–H and O–H groups in total. The Labute approximate surface area is 212 Å². The minimum Gasteiger partial charge on any atom is -0.383 e. The van der Waals surface area contributed by atoms with Crippen molar-refractivity contribution in [1.82, 2.24) is 19.9 Å². The Bertz CT molecular complexity index is 1440. The molecule has 4 heterocycles. The number of piperidine rings is 1. The van der Waals surface area contributed by atoms with Crippen LogP contribution in [0.2, 0.25) is 0 Å². The molecule has 1 atom stereocenters. The average molecular weight is 477 g/mol. The van der Waals surface area contributed by atoms with Crippen molar-refractivity contribution >= 4 is 22.4 Å². The van der Waals surface area contributed by atoms with Crippen LogP contribution in [0, 0.1) is 12.8 Å². The molecule has 0 spiro atoms. The van der Waals surface area contributed by atoms with Gasteiger partial charge < -0.3 is 10.6 Å². The number of aryl methyl sites for hydroxylation is 1. The van der Waals surface area contributed by atoms with E-state index >= 15 is 0 Å². The van der Waals surface area contributed by atoms with E-state index in [2.05, 4.69) is 65.1 Å². The number of rotatable bonds is 5. The Morgan fingerprint density at radius 1 is 0.972 bits per heavy atom. The Hall–Kier alpha value is -3.64. The fourth-order valence-corrected chi connectivity index (χ4v) is 5.77. The van der Waals surface area contributed by atoms with Crippen molar-refractivity contribution < 1.29 is 0 Å². The van der Waals surface area contributed by atoms with Crippen molar-refractivity contribution in [2.75, 3.05) is 25.4 Å². The maximum Gasteiger partial charge on any atom is 0.136 e. The Kier molecular flexibility index (Phi) is 5.97. The third kappa shape index (κ3) is 4.05. The summed E-state index contributed by atoms with van der Waals surface area (Å²) < 4.78 is 0. The molecule has 36 heavy (non-hydrogen) atoms. The Morgan fingerprint density at radius 2 is 1.75 bits per heavy atom. The molecule has 2 aliphatic heterocycles. The number of hydrogen-bond donors (Lipinski definition) is 1. The van der Waals surface area contributed by atoms with Crippen molar-refractivity contribution in [2.24, 2.45) is 10.9 Å². The minimum atomic E-state index is 0.0252.